The summed E-state index contributed by atoms with van der Waals surface area (Å²) in [6, 6.07) is 2.19. The topological polar surface area (TPSA) is 50.2 Å². The number of hydrogen-bond acceptors (Lipinski definition) is 3. The largest absolute Gasteiger partial charge is 0.338 e. The van der Waals surface area contributed by atoms with Gasteiger partial charge in [-0.1, -0.05) is 0 Å². The van der Waals surface area contributed by atoms with Crippen molar-refractivity contribution < 1.29 is 4.79 Å². The number of aryl methyl sites for hydroxylation is 1. The van der Waals surface area contributed by atoms with Gasteiger partial charge in [0.2, 0.25) is 5.91 Å². The highest BCUT2D eigenvalue weighted by atomic mass is 35.5. The molecule has 100 valence electrons. The molecule has 1 fully saturated rings. The summed E-state index contributed by atoms with van der Waals surface area (Å²) in [6.07, 6.45) is 6.15. The van der Waals surface area contributed by atoms with Crippen LogP contribution in [0.2, 0.25) is 0 Å². The van der Waals surface area contributed by atoms with Crippen molar-refractivity contribution in [2.45, 2.75) is 12.5 Å². The number of carbonyl (C=O) groups excluding carboxylic acids is 1. The van der Waals surface area contributed by atoms with Crippen molar-refractivity contribution >= 4 is 24.4 Å². The van der Waals surface area contributed by atoms with Gasteiger partial charge >= 0.3 is 0 Å². The molecule has 0 spiro atoms. The quantitative estimate of drug-likeness (QED) is 0.822. The van der Waals surface area contributed by atoms with E-state index in [9.17, 15) is 4.79 Å². The molecule has 1 aliphatic rings. The molecule has 1 N–H and O–H groups in total. The van der Waals surface area contributed by atoms with Gasteiger partial charge in [0.25, 0.3) is 0 Å². The molecule has 1 aromatic rings. The van der Waals surface area contributed by atoms with E-state index in [1.165, 1.54) is 0 Å². The van der Waals surface area contributed by atoms with E-state index >= 15 is 0 Å². The molecule has 2 rings (SSSR count). The molecular formula is C12H19ClN4O. The number of carbonyl (C=O) groups is 1. The summed E-state index contributed by atoms with van der Waals surface area (Å²) in [6.45, 7) is 1.88. The monoisotopic (exact) mass is 270 g/mol. The maximum absolute atomic E-state index is 11.9. The van der Waals surface area contributed by atoms with E-state index in [0.29, 0.717) is 6.04 Å². The number of halogens is 1. The van der Waals surface area contributed by atoms with Crippen molar-refractivity contribution in [2.24, 2.45) is 7.05 Å². The summed E-state index contributed by atoms with van der Waals surface area (Å²) < 4.78 is 1.74. The molecule has 0 aliphatic carbocycles. The number of nitrogens with zero attached hydrogens (tertiary/aromatic N) is 3. The van der Waals surface area contributed by atoms with E-state index < -0.39 is 0 Å². The lowest BCUT2D eigenvalue weighted by Gasteiger charge is -2.22. The molecule has 0 bridgehead atoms. The highest BCUT2D eigenvalue weighted by molar-refractivity contribution is 5.91. The van der Waals surface area contributed by atoms with E-state index in [1.54, 1.807) is 27.9 Å². The Labute approximate surface area is 113 Å². The maximum atomic E-state index is 11.9. The minimum Gasteiger partial charge on any atom is -0.338 e. The van der Waals surface area contributed by atoms with E-state index in [0.717, 1.165) is 25.2 Å². The first-order chi connectivity index (χ1) is 8.18. The van der Waals surface area contributed by atoms with Crippen LogP contribution in [0.3, 0.4) is 0 Å². The fraction of sp³-hybridized carbons (Fsp3) is 0.500. The summed E-state index contributed by atoms with van der Waals surface area (Å²) in [5.74, 6) is 0.0416. The number of rotatable bonds is 3. The second-order valence-electron chi connectivity index (χ2n) is 4.31. The molecule has 5 nitrogen and oxygen atoms in total. The van der Waals surface area contributed by atoms with E-state index in [4.69, 9.17) is 0 Å². The SMILES string of the molecule is CN(C(=O)C=Cc1ccnn1C)C1CCNC1.Cl. The highest BCUT2D eigenvalue weighted by Gasteiger charge is 2.21. The van der Waals surface area contributed by atoms with Crippen molar-refractivity contribution in [3.05, 3.63) is 24.0 Å². The van der Waals surface area contributed by atoms with Crippen LogP contribution in [0.15, 0.2) is 18.3 Å². The molecule has 2 heterocycles. The number of hydrogen-bond donors (Lipinski definition) is 1. The zero-order chi connectivity index (χ0) is 12.3. The summed E-state index contributed by atoms with van der Waals surface area (Å²) in [7, 11) is 3.71. The van der Waals surface area contributed by atoms with E-state index in [2.05, 4.69) is 10.4 Å². The van der Waals surface area contributed by atoms with Gasteiger partial charge in [-0.15, -0.1) is 12.4 Å². The van der Waals surface area contributed by atoms with Gasteiger partial charge in [-0.05, 0) is 25.1 Å². The third-order valence-electron chi connectivity index (χ3n) is 3.19. The molecule has 1 aliphatic heterocycles. The minimum atomic E-state index is 0. The smallest absolute Gasteiger partial charge is 0.246 e. The van der Waals surface area contributed by atoms with Crippen LogP contribution in [0.4, 0.5) is 0 Å². The highest BCUT2D eigenvalue weighted by Crippen LogP contribution is 2.07. The van der Waals surface area contributed by atoms with Crippen molar-refractivity contribution in [3.63, 3.8) is 0 Å². The van der Waals surface area contributed by atoms with E-state index in [1.807, 2.05) is 20.2 Å². The Kier molecular flexibility index (Phi) is 5.37. The lowest BCUT2D eigenvalue weighted by Crippen LogP contribution is -2.37. The standard InChI is InChI=1S/C12H18N4O.ClH/c1-15(11-5-7-13-9-11)12(17)4-3-10-6-8-14-16(10)2;/h3-4,6,8,11,13H,5,7,9H2,1-2H3;1H. The molecule has 0 saturated carbocycles. The zero-order valence-electron chi connectivity index (χ0n) is 10.7. The molecule has 1 amide bonds. The Bertz CT molecular complexity index is 423. The molecule has 0 radical (unpaired) electrons. The van der Waals surface area contributed by atoms with Crippen LogP contribution >= 0.6 is 12.4 Å². The van der Waals surface area contributed by atoms with Crippen LogP contribution in [0.1, 0.15) is 12.1 Å². The van der Waals surface area contributed by atoms with Crippen molar-refractivity contribution in [2.75, 3.05) is 20.1 Å². The van der Waals surface area contributed by atoms with Crippen LogP contribution in [0.25, 0.3) is 6.08 Å². The Balaban J connectivity index is 0.00000162. The normalized spacial score (nSPS) is 18.9. The number of amides is 1. The molecule has 6 heteroatoms. The second-order valence-corrected chi connectivity index (χ2v) is 4.31. The average Bonchev–Trinajstić information content (AvgIpc) is 2.96. The van der Waals surface area contributed by atoms with Crippen molar-refractivity contribution in [1.82, 2.24) is 20.0 Å². The molecular weight excluding hydrogens is 252 g/mol. The zero-order valence-corrected chi connectivity index (χ0v) is 11.5. The average molecular weight is 271 g/mol. The molecule has 18 heavy (non-hydrogen) atoms. The van der Waals surface area contributed by atoms with Crippen LogP contribution in [-0.2, 0) is 11.8 Å². The minimum absolute atomic E-state index is 0. The fourth-order valence-corrected chi connectivity index (χ4v) is 1.97. The Morgan fingerprint density at radius 1 is 1.67 bits per heavy atom. The first kappa shape index (κ1) is 14.7. The van der Waals surface area contributed by atoms with Gasteiger partial charge in [-0.3, -0.25) is 9.48 Å². The van der Waals surface area contributed by atoms with Gasteiger partial charge in [0.1, 0.15) is 0 Å². The predicted octanol–water partition coefficient (Wildman–Crippen LogP) is 0.675. The van der Waals surface area contributed by atoms with Gasteiger partial charge in [0, 0.05) is 39.0 Å². The lowest BCUT2D eigenvalue weighted by atomic mass is 10.2. The number of nitrogens with one attached hydrogen (secondary N) is 1. The van der Waals surface area contributed by atoms with Crippen molar-refractivity contribution in [1.29, 1.82) is 0 Å². The van der Waals surface area contributed by atoms with Crippen molar-refractivity contribution in [3.8, 4) is 0 Å². The van der Waals surface area contributed by atoms with Crippen LogP contribution in [0.5, 0.6) is 0 Å². The van der Waals surface area contributed by atoms with Gasteiger partial charge in [0.15, 0.2) is 0 Å². The fourth-order valence-electron chi connectivity index (χ4n) is 1.97. The Morgan fingerprint density at radius 2 is 2.44 bits per heavy atom. The molecule has 1 unspecified atom stereocenters. The van der Waals surface area contributed by atoms with Gasteiger partial charge in [0.05, 0.1) is 5.69 Å². The third kappa shape index (κ3) is 3.34. The first-order valence-electron chi connectivity index (χ1n) is 5.82. The van der Waals surface area contributed by atoms with Crippen LogP contribution in [-0.4, -0.2) is 46.8 Å². The number of aromatic nitrogens is 2. The first-order valence-corrected chi connectivity index (χ1v) is 5.82. The van der Waals surface area contributed by atoms with Gasteiger partial charge in [-0.25, -0.2) is 0 Å². The predicted molar refractivity (Wildman–Crippen MR) is 73.5 cm³/mol. The third-order valence-corrected chi connectivity index (χ3v) is 3.19. The van der Waals surface area contributed by atoms with Crippen LogP contribution in [0, 0.1) is 0 Å². The van der Waals surface area contributed by atoms with Gasteiger partial charge in [-0.2, -0.15) is 5.10 Å². The van der Waals surface area contributed by atoms with E-state index in [-0.39, 0.29) is 18.3 Å². The summed E-state index contributed by atoms with van der Waals surface area (Å²) in [4.78, 5) is 13.7. The second kappa shape index (κ2) is 6.56. The summed E-state index contributed by atoms with van der Waals surface area (Å²) in [5, 5.41) is 7.30. The summed E-state index contributed by atoms with van der Waals surface area (Å²) in [5.41, 5.74) is 0.927. The molecule has 0 aromatic carbocycles. The molecule has 1 saturated heterocycles. The van der Waals surface area contributed by atoms with Gasteiger partial charge < -0.3 is 10.2 Å². The molecule has 1 atom stereocenters. The summed E-state index contributed by atoms with van der Waals surface area (Å²) >= 11 is 0. The lowest BCUT2D eigenvalue weighted by molar-refractivity contribution is -0.126. The maximum Gasteiger partial charge on any atom is 0.246 e. The Hall–Kier alpha value is -1.33. The Morgan fingerprint density at radius 3 is 3.00 bits per heavy atom. The number of likely N-dealkylation sites (N-methyl/N-ethyl adjacent to an activating group) is 1. The van der Waals surface area contributed by atoms with Crippen LogP contribution < -0.4 is 5.32 Å². The molecule has 1 aromatic heterocycles.